The number of aliphatic imine (C=N–C) groups is 1. The molecular formula is C9H13N3. The lowest BCUT2D eigenvalue weighted by Crippen LogP contribution is -1.97. The molecule has 3 nitrogen and oxygen atoms in total. The zero-order valence-corrected chi connectivity index (χ0v) is 7.20. The molecule has 0 aliphatic carbocycles. The molecule has 0 unspecified atom stereocenters. The lowest BCUT2D eigenvalue weighted by molar-refractivity contribution is 0.936. The molecule has 3 heteroatoms. The van der Waals surface area contributed by atoms with Crippen molar-refractivity contribution >= 4 is 12.2 Å². The Hall–Kier alpha value is -1.38. The topological polar surface area (TPSA) is 37.3 Å². The van der Waals surface area contributed by atoms with Gasteiger partial charge in [-0.05, 0) is 18.6 Å². The van der Waals surface area contributed by atoms with Crippen LogP contribution in [0.2, 0.25) is 0 Å². The summed E-state index contributed by atoms with van der Waals surface area (Å²) >= 11 is 0. The van der Waals surface area contributed by atoms with Crippen molar-refractivity contribution in [2.24, 2.45) is 4.99 Å². The largest absolute Gasteiger partial charge is 0.331 e. The molecule has 0 saturated heterocycles. The molecule has 0 aliphatic heterocycles. The van der Waals surface area contributed by atoms with Crippen LogP contribution in [0, 0.1) is 0 Å². The smallest absolute Gasteiger partial charge is 0.130 e. The molecule has 0 aromatic carbocycles. The average molecular weight is 163 g/mol. The van der Waals surface area contributed by atoms with Gasteiger partial charge in [-0.2, -0.15) is 0 Å². The second-order valence-electron chi connectivity index (χ2n) is 2.39. The summed E-state index contributed by atoms with van der Waals surface area (Å²) in [5.41, 5.74) is 0. The minimum absolute atomic E-state index is 0.831. The fourth-order valence-electron chi connectivity index (χ4n) is 0.754. The summed E-state index contributed by atoms with van der Waals surface area (Å²) in [5, 5.41) is 2.98. The highest BCUT2D eigenvalue weighted by atomic mass is 15.0. The lowest BCUT2D eigenvalue weighted by Gasteiger charge is -1.96. The second kappa shape index (κ2) is 5.29. The van der Waals surface area contributed by atoms with Crippen LogP contribution < -0.4 is 5.32 Å². The van der Waals surface area contributed by atoms with E-state index in [2.05, 4.69) is 22.2 Å². The molecule has 0 fully saturated rings. The van der Waals surface area contributed by atoms with Crippen LogP contribution >= 0.6 is 0 Å². The maximum Gasteiger partial charge on any atom is 0.130 e. The summed E-state index contributed by atoms with van der Waals surface area (Å²) in [6, 6.07) is 5.72. The molecule has 0 bridgehead atoms. The Morgan fingerprint density at radius 2 is 2.50 bits per heavy atom. The van der Waals surface area contributed by atoms with Gasteiger partial charge in [0.15, 0.2) is 0 Å². The fraction of sp³-hybridized carbons (Fsp3) is 0.333. The third-order valence-corrected chi connectivity index (χ3v) is 1.32. The first-order chi connectivity index (χ1) is 5.93. The SMILES string of the molecule is CCCN=CNc1ccccn1. The summed E-state index contributed by atoms with van der Waals surface area (Å²) in [5.74, 6) is 0.831. The van der Waals surface area contributed by atoms with Crippen LogP contribution in [-0.4, -0.2) is 17.9 Å². The summed E-state index contributed by atoms with van der Waals surface area (Å²) in [6.07, 6.45) is 4.50. The predicted molar refractivity (Wildman–Crippen MR) is 51.5 cm³/mol. The van der Waals surface area contributed by atoms with E-state index in [1.54, 1.807) is 12.5 Å². The van der Waals surface area contributed by atoms with Gasteiger partial charge in [-0.1, -0.05) is 13.0 Å². The molecule has 1 aromatic heterocycles. The van der Waals surface area contributed by atoms with Crippen molar-refractivity contribution in [1.82, 2.24) is 4.98 Å². The van der Waals surface area contributed by atoms with Crippen molar-refractivity contribution < 1.29 is 0 Å². The van der Waals surface area contributed by atoms with Gasteiger partial charge in [0, 0.05) is 12.7 Å². The number of hydrogen-bond acceptors (Lipinski definition) is 2. The van der Waals surface area contributed by atoms with Gasteiger partial charge in [0.1, 0.15) is 5.82 Å². The zero-order chi connectivity index (χ0) is 8.65. The molecule has 0 radical (unpaired) electrons. The monoisotopic (exact) mass is 163 g/mol. The molecule has 1 aromatic rings. The third-order valence-electron chi connectivity index (χ3n) is 1.32. The van der Waals surface area contributed by atoms with E-state index >= 15 is 0 Å². The maximum absolute atomic E-state index is 4.11. The molecule has 0 aliphatic rings. The van der Waals surface area contributed by atoms with Gasteiger partial charge in [0.05, 0.1) is 6.34 Å². The van der Waals surface area contributed by atoms with Crippen molar-refractivity contribution in [3.05, 3.63) is 24.4 Å². The van der Waals surface area contributed by atoms with E-state index in [9.17, 15) is 0 Å². The van der Waals surface area contributed by atoms with E-state index in [1.165, 1.54) is 0 Å². The molecule has 0 atom stereocenters. The van der Waals surface area contributed by atoms with Gasteiger partial charge in [-0.15, -0.1) is 0 Å². The summed E-state index contributed by atoms with van der Waals surface area (Å²) in [4.78, 5) is 8.18. The third kappa shape index (κ3) is 3.14. The summed E-state index contributed by atoms with van der Waals surface area (Å²) < 4.78 is 0. The molecule has 1 rings (SSSR count). The van der Waals surface area contributed by atoms with Crippen LogP contribution in [0.3, 0.4) is 0 Å². The highest BCUT2D eigenvalue weighted by Gasteiger charge is 1.84. The van der Waals surface area contributed by atoms with Gasteiger partial charge in [0.25, 0.3) is 0 Å². The molecular weight excluding hydrogens is 150 g/mol. The Morgan fingerprint density at radius 3 is 3.17 bits per heavy atom. The van der Waals surface area contributed by atoms with E-state index in [0.717, 1.165) is 18.8 Å². The minimum Gasteiger partial charge on any atom is -0.331 e. The van der Waals surface area contributed by atoms with Crippen molar-refractivity contribution in [1.29, 1.82) is 0 Å². The molecule has 0 amide bonds. The first-order valence-electron chi connectivity index (χ1n) is 4.09. The highest BCUT2D eigenvalue weighted by molar-refractivity contribution is 5.73. The molecule has 1 N–H and O–H groups in total. The van der Waals surface area contributed by atoms with Gasteiger partial charge >= 0.3 is 0 Å². The Morgan fingerprint density at radius 1 is 1.58 bits per heavy atom. The van der Waals surface area contributed by atoms with Gasteiger partial charge in [0.2, 0.25) is 0 Å². The molecule has 12 heavy (non-hydrogen) atoms. The van der Waals surface area contributed by atoms with Crippen molar-refractivity contribution in [3.8, 4) is 0 Å². The Labute approximate surface area is 72.6 Å². The van der Waals surface area contributed by atoms with Crippen molar-refractivity contribution in [2.45, 2.75) is 13.3 Å². The standard InChI is InChI=1S/C9H13N3/c1-2-6-10-8-12-9-5-3-4-7-11-9/h3-5,7-8H,2,6H2,1H3,(H,10,11,12). The summed E-state index contributed by atoms with van der Waals surface area (Å²) in [6.45, 7) is 2.96. The maximum atomic E-state index is 4.11. The molecule has 0 saturated carbocycles. The van der Waals surface area contributed by atoms with Crippen LogP contribution in [0.15, 0.2) is 29.4 Å². The first kappa shape index (κ1) is 8.71. The van der Waals surface area contributed by atoms with Crippen LogP contribution in [0.4, 0.5) is 5.82 Å². The van der Waals surface area contributed by atoms with Crippen LogP contribution in [0.25, 0.3) is 0 Å². The lowest BCUT2D eigenvalue weighted by atomic mass is 10.5. The Kier molecular flexibility index (Phi) is 3.84. The first-order valence-corrected chi connectivity index (χ1v) is 4.09. The van der Waals surface area contributed by atoms with Crippen molar-refractivity contribution in [2.75, 3.05) is 11.9 Å². The number of hydrogen-bond donors (Lipinski definition) is 1. The fourth-order valence-corrected chi connectivity index (χ4v) is 0.754. The highest BCUT2D eigenvalue weighted by Crippen LogP contribution is 1.96. The quantitative estimate of drug-likeness (QED) is 0.544. The van der Waals surface area contributed by atoms with Crippen LogP contribution in [-0.2, 0) is 0 Å². The zero-order valence-electron chi connectivity index (χ0n) is 7.20. The van der Waals surface area contributed by atoms with E-state index in [-0.39, 0.29) is 0 Å². The molecule has 0 spiro atoms. The van der Waals surface area contributed by atoms with E-state index in [4.69, 9.17) is 0 Å². The number of rotatable bonds is 4. The minimum atomic E-state index is 0.831. The number of aromatic nitrogens is 1. The predicted octanol–water partition coefficient (Wildman–Crippen LogP) is 1.93. The van der Waals surface area contributed by atoms with E-state index < -0.39 is 0 Å². The Balaban J connectivity index is 2.33. The second-order valence-corrected chi connectivity index (χ2v) is 2.39. The van der Waals surface area contributed by atoms with E-state index in [0.29, 0.717) is 0 Å². The van der Waals surface area contributed by atoms with Gasteiger partial charge < -0.3 is 5.32 Å². The normalized spacial score (nSPS) is 10.4. The summed E-state index contributed by atoms with van der Waals surface area (Å²) in [7, 11) is 0. The molecule has 1 heterocycles. The van der Waals surface area contributed by atoms with Gasteiger partial charge in [-0.25, -0.2) is 4.98 Å². The average Bonchev–Trinajstić information content (AvgIpc) is 2.14. The number of nitrogens with zero attached hydrogens (tertiary/aromatic N) is 2. The molecule has 64 valence electrons. The van der Waals surface area contributed by atoms with Crippen LogP contribution in [0.5, 0.6) is 0 Å². The number of anilines is 1. The van der Waals surface area contributed by atoms with E-state index in [1.807, 2.05) is 18.2 Å². The van der Waals surface area contributed by atoms with Crippen LogP contribution in [0.1, 0.15) is 13.3 Å². The number of nitrogens with one attached hydrogen (secondary N) is 1. The van der Waals surface area contributed by atoms with Crippen molar-refractivity contribution in [3.63, 3.8) is 0 Å². The Bertz CT molecular complexity index is 231. The number of pyridine rings is 1. The van der Waals surface area contributed by atoms with Gasteiger partial charge in [-0.3, -0.25) is 4.99 Å².